The van der Waals surface area contributed by atoms with Gasteiger partial charge < -0.3 is 29.9 Å². The fourth-order valence-corrected chi connectivity index (χ4v) is 1.65. The standard InChI is InChI=1S/C7H12O6/c8-4-3-1-12-2-7(11,13-3)6(10)5(4)9/h3-6,8-11H,1-2H2. The van der Waals surface area contributed by atoms with Crippen molar-refractivity contribution in [1.82, 2.24) is 0 Å². The minimum absolute atomic E-state index is 0.104. The third-order valence-electron chi connectivity index (χ3n) is 2.46. The number of hydrogen-bond acceptors (Lipinski definition) is 6. The maximum Gasteiger partial charge on any atom is 0.219 e. The zero-order chi connectivity index (χ0) is 9.64. The van der Waals surface area contributed by atoms with Crippen LogP contribution in [0.4, 0.5) is 0 Å². The van der Waals surface area contributed by atoms with Gasteiger partial charge in [-0.3, -0.25) is 0 Å². The van der Waals surface area contributed by atoms with Gasteiger partial charge in [0.1, 0.15) is 31.0 Å². The van der Waals surface area contributed by atoms with Crippen molar-refractivity contribution in [3.8, 4) is 0 Å². The van der Waals surface area contributed by atoms with E-state index in [0.717, 1.165) is 0 Å². The molecule has 13 heavy (non-hydrogen) atoms. The molecule has 6 heteroatoms. The van der Waals surface area contributed by atoms with Crippen LogP contribution >= 0.6 is 0 Å². The molecule has 5 atom stereocenters. The lowest BCUT2D eigenvalue weighted by atomic mass is 9.92. The molecule has 0 amide bonds. The zero-order valence-electron chi connectivity index (χ0n) is 6.83. The van der Waals surface area contributed by atoms with Crippen molar-refractivity contribution in [3.63, 3.8) is 0 Å². The van der Waals surface area contributed by atoms with E-state index in [-0.39, 0.29) is 13.2 Å². The summed E-state index contributed by atoms with van der Waals surface area (Å²) in [4.78, 5) is 0. The molecule has 0 aromatic rings. The summed E-state index contributed by atoms with van der Waals surface area (Å²) >= 11 is 0. The average Bonchev–Trinajstić information content (AvgIpc) is 2.13. The Bertz CT molecular complexity index is 207. The van der Waals surface area contributed by atoms with Gasteiger partial charge >= 0.3 is 0 Å². The van der Waals surface area contributed by atoms with Gasteiger partial charge in [0.25, 0.3) is 0 Å². The maximum absolute atomic E-state index is 9.59. The highest BCUT2D eigenvalue weighted by atomic mass is 16.7. The van der Waals surface area contributed by atoms with Gasteiger partial charge in [-0.25, -0.2) is 0 Å². The van der Waals surface area contributed by atoms with Gasteiger partial charge in [-0.05, 0) is 0 Å². The lowest BCUT2D eigenvalue weighted by Crippen LogP contribution is -2.69. The number of ether oxygens (including phenoxy) is 2. The van der Waals surface area contributed by atoms with Crippen molar-refractivity contribution in [2.24, 2.45) is 0 Å². The third-order valence-corrected chi connectivity index (χ3v) is 2.46. The van der Waals surface area contributed by atoms with Crippen LogP contribution in [-0.2, 0) is 9.47 Å². The third kappa shape index (κ3) is 1.26. The first-order chi connectivity index (χ1) is 6.04. The minimum Gasteiger partial charge on any atom is -0.387 e. The van der Waals surface area contributed by atoms with E-state index in [1.807, 2.05) is 0 Å². The summed E-state index contributed by atoms with van der Waals surface area (Å²) in [5.74, 6) is -1.89. The quantitative estimate of drug-likeness (QED) is 0.330. The molecule has 2 fully saturated rings. The number of fused-ring (bicyclic) bond motifs is 2. The van der Waals surface area contributed by atoms with E-state index in [4.69, 9.17) is 9.47 Å². The predicted octanol–water partition coefficient (Wildman–Crippen LogP) is -2.81. The second-order valence-electron chi connectivity index (χ2n) is 3.44. The van der Waals surface area contributed by atoms with Crippen molar-refractivity contribution < 1.29 is 29.9 Å². The topological polar surface area (TPSA) is 99.4 Å². The SMILES string of the molecule is OC1C2COCC(O)(O2)C(O)C1O. The molecule has 5 unspecified atom stereocenters. The molecule has 2 bridgehead atoms. The summed E-state index contributed by atoms with van der Waals surface area (Å²) < 4.78 is 9.90. The van der Waals surface area contributed by atoms with Crippen molar-refractivity contribution in [2.75, 3.05) is 13.2 Å². The van der Waals surface area contributed by atoms with E-state index >= 15 is 0 Å². The first-order valence-corrected chi connectivity index (χ1v) is 4.07. The molecular formula is C7H12O6. The Hall–Kier alpha value is -0.240. The van der Waals surface area contributed by atoms with Crippen molar-refractivity contribution in [3.05, 3.63) is 0 Å². The fourth-order valence-electron chi connectivity index (χ4n) is 1.65. The van der Waals surface area contributed by atoms with Crippen molar-refractivity contribution in [1.29, 1.82) is 0 Å². The van der Waals surface area contributed by atoms with E-state index in [1.54, 1.807) is 0 Å². The molecule has 0 aliphatic carbocycles. The molecule has 2 saturated heterocycles. The fraction of sp³-hybridized carbons (Fsp3) is 1.00. The summed E-state index contributed by atoms with van der Waals surface area (Å²) in [6.07, 6.45) is -4.94. The van der Waals surface area contributed by atoms with Crippen LogP contribution in [0.2, 0.25) is 0 Å². The minimum atomic E-state index is -1.89. The number of rotatable bonds is 0. The van der Waals surface area contributed by atoms with Crippen molar-refractivity contribution in [2.45, 2.75) is 30.2 Å². The van der Waals surface area contributed by atoms with Gasteiger partial charge in [-0.2, -0.15) is 0 Å². The monoisotopic (exact) mass is 192 g/mol. The van der Waals surface area contributed by atoms with Crippen LogP contribution in [0.3, 0.4) is 0 Å². The van der Waals surface area contributed by atoms with Crippen LogP contribution in [0.5, 0.6) is 0 Å². The van der Waals surface area contributed by atoms with Gasteiger partial charge in [0.2, 0.25) is 5.79 Å². The average molecular weight is 192 g/mol. The predicted molar refractivity (Wildman–Crippen MR) is 38.7 cm³/mol. The molecule has 0 aromatic heterocycles. The molecule has 4 N–H and O–H groups in total. The van der Waals surface area contributed by atoms with E-state index < -0.39 is 30.2 Å². The van der Waals surface area contributed by atoms with Gasteiger partial charge in [-0.15, -0.1) is 0 Å². The molecule has 0 spiro atoms. The summed E-state index contributed by atoms with van der Waals surface area (Å²) in [5, 5.41) is 37.6. The molecule has 0 saturated carbocycles. The molecule has 76 valence electrons. The van der Waals surface area contributed by atoms with Gasteiger partial charge in [0.15, 0.2) is 0 Å². The Morgan fingerprint density at radius 2 is 1.85 bits per heavy atom. The van der Waals surface area contributed by atoms with Gasteiger partial charge in [0.05, 0.1) is 6.61 Å². The largest absolute Gasteiger partial charge is 0.387 e. The highest BCUT2D eigenvalue weighted by Crippen LogP contribution is 2.31. The molecular weight excluding hydrogens is 180 g/mol. The molecule has 2 aliphatic rings. The molecule has 2 rings (SSSR count). The Balaban J connectivity index is 2.23. The van der Waals surface area contributed by atoms with Crippen molar-refractivity contribution >= 4 is 0 Å². The Kier molecular flexibility index (Phi) is 2.06. The van der Waals surface area contributed by atoms with Crippen LogP contribution < -0.4 is 0 Å². The summed E-state index contributed by atoms with van der Waals surface area (Å²) in [6.45, 7) is -0.0955. The van der Waals surface area contributed by atoms with Crippen LogP contribution in [-0.4, -0.2) is 63.8 Å². The molecule has 0 radical (unpaired) electrons. The molecule has 0 aromatic carbocycles. The number of aliphatic hydroxyl groups is 4. The van der Waals surface area contributed by atoms with E-state index in [9.17, 15) is 20.4 Å². The second-order valence-corrected chi connectivity index (χ2v) is 3.44. The van der Waals surface area contributed by atoms with Gasteiger partial charge in [0, 0.05) is 0 Å². The molecule has 2 aliphatic heterocycles. The van der Waals surface area contributed by atoms with E-state index in [2.05, 4.69) is 0 Å². The van der Waals surface area contributed by atoms with Crippen LogP contribution in [0.1, 0.15) is 0 Å². The van der Waals surface area contributed by atoms with Crippen LogP contribution in [0, 0.1) is 0 Å². The highest BCUT2D eigenvalue weighted by Gasteiger charge is 2.55. The lowest BCUT2D eigenvalue weighted by molar-refractivity contribution is -0.387. The number of hydrogen-bond donors (Lipinski definition) is 4. The van der Waals surface area contributed by atoms with E-state index in [0.29, 0.717) is 0 Å². The Morgan fingerprint density at radius 3 is 2.54 bits per heavy atom. The van der Waals surface area contributed by atoms with Crippen LogP contribution in [0.25, 0.3) is 0 Å². The summed E-state index contributed by atoms with van der Waals surface area (Å²) in [5.41, 5.74) is 0. The number of aliphatic hydroxyl groups excluding tert-OH is 3. The van der Waals surface area contributed by atoms with E-state index in [1.165, 1.54) is 0 Å². The maximum atomic E-state index is 9.59. The Labute approximate surface area is 74.3 Å². The Morgan fingerprint density at radius 1 is 1.15 bits per heavy atom. The summed E-state index contributed by atoms with van der Waals surface area (Å²) in [6, 6.07) is 0. The van der Waals surface area contributed by atoms with Gasteiger partial charge in [-0.1, -0.05) is 0 Å². The highest BCUT2D eigenvalue weighted by molar-refractivity contribution is 4.98. The second kappa shape index (κ2) is 2.88. The lowest BCUT2D eigenvalue weighted by Gasteiger charge is -2.48. The van der Waals surface area contributed by atoms with Crippen LogP contribution in [0.15, 0.2) is 0 Å². The molecule has 6 nitrogen and oxygen atoms in total. The molecule has 2 heterocycles. The first kappa shape index (κ1) is 9.32. The zero-order valence-corrected chi connectivity index (χ0v) is 6.83. The smallest absolute Gasteiger partial charge is 0.219 e. The normalized spacial score (nSPS) is 56.3. The first-order valence-electron chi connectivity index (χ1n) is 4.07. The summed E-state index contributed by atoms with van der Waals surface area (Å²) in [7, 11) is 0.